The minimum absolute atomic E-state index is 0.140. The van der Waals surface area contributed by atoms with Crippen molar-refractivity contribution < 1.29 is 17.6 Å². The van der Waals surface area contributed by atoms with Crippen LogP contribution in [0.4, 0.5) is 17.6 Å². The van der Waals surface area contributed by atoms with Crippen molar-refractivity contribution in [3.63, 3.8) is 0 Å². The van der Waals surface area contributed by atoms with Gasteiger partial charge in [0.05, 0.1) is 11.3 Å². The van der Waals surface area contributed by atoms with Crippen LogP contribution in [0.3, 0.4) is 0 Å². The van der Waals surface area contributed by atoms with Gasteiger partial charge in [0.15, 0.2) is 4.77 Å². The van der Waals surface area contributed by atoms with E-state index in [2.05, 4.69) is 10.2 Å². The molecule has 0 radical (unpaired) electrons. The number of nitrogens with zero attached hydrogens (tertiary/aromatic N) is 2. The van der Waals surface area contributed by atoms with Crippen LogP contribution in [0.1, 0.15) is 24.7 Å². The standard InChI is InChI=1S/C12H11F4N3S/c1-2-3-10-17-18-11(20)19(10)7-4-5-9(13)8(6-7)12(14,15)16/h4-6H,2-3H2,1H3,(H,18,20). The number of aromatic nitrogens is 3. The van der Waals surface area contributed by atoms with Crippen LogP contribution in [-0.4, -0.2) is 14.8 Å². The van der Waals surface area contributed by atoms with E-state index in [1.807, 2.05) is 6.92 Å². The van der Waals surface area contributed by atoms with E-state index in [4.69, 9.17) is 12.2 Å². The molecule has 0 bridgehead atoms. The van der Waals surface area contributed by atoms with Gasteiger partial charge in [-0.05, 0) is 36.8 Å². The van der Waals surface area contributed by atoms with Crippen molar-refractivity contribution in [2.45, 2.75) is 25.9 Å². The summed E-state index contributed by atoms with van der Waals surface area (Å²) in [4.78, 5) is 0. The van der Waals surface area contributed by atoms with Crippen LogP contribution in [0.15, 0.2) is 18.2 Å². The third-order valence-electron chi connectivity index (χ3n) is 2.73. The molecule has 2 rings (SSSR count). The van der Waals surface area contributed by atoms with Crippen LogP contribution >= 0.6 is 12.2 Å². The maximum Gasteiger partial charge on any atom is 0.419 e. The summed E-state index contributed by atoms with van der Waals surface area (Å²) < 4.78 is 53.0. The van der Waals surface area contributed by atoms with Crippen molar-refractivity contribution in [1.29, 1.82) is 0 Å². The minimum atomic E-state index is -4.75. The van der Waals surface area contributed by atoms with Crippen LogP contribution in [0.25, 0.3) is 5.69 Å². The molecule has 0 atom stereocenters. The Hall–Kier alpha value is -1.70. The number of benzene rings is 1. The van der Waals surface area contributed by atoms with Gasteiger partial charge in [0.25, 0.3) is 0 Å². The van der Waals surface area contributed by atoms with Gasteiger partial charge >= 0.3 is 6.18 Å². The number of alkyl halides is 3. The predicted molar refractivity (Wildman–Crippen MR) is 67.7 cm³/mol. The van der Waals surface area contributed by atoms with E-state index in [1.54, 1.807) is 0 Å². The molecular weight excluding hydrogens is 294 g/mol. The van der Waals surface area contributed by atoms with E-state index in [-0.39, 0.29) is 10.5 Å². The summed E-state index contributed by atoms with van der Waals surface area (Å²) in [6, 6.07) is 2.76. The van der Waals surface area contributed by atoms with E-state index in [0.717, 1.165) is 18.6 Å². The Balaban J connectivity index is 2.60. The number of rotatable bonds is 3. The lowest BCUT2D eigenvalue weighted by Crippen LogP contribution is -2.10. The highest BCUT2D eigenvalue weighted by molar-refractivity contribution is 7.71. The molecule has 3 nitrogen and oxygen atoms in total. The fraction of sp³-hybridized carbons (Fsp3) is 0.333. The van der Waals surface area contributed by atoms with Crippen LogP contribution in [0, 0.1) is 10.6 Å². The molecule has 20 heavy (non-hydrogen) atoms. The lowest BCUT2D eigenvalue weighted by Gasteiger charge is -2.11. The van der Waals surface area contributed by atoms with Gasteiger partial charge in [0, 0.05) is 6.42 Å². The molecular formula is C12H11F4N3S. The highest BCUT2D eigenvalue weighted by Gasteiger charge is 2.34. The fourth-order valence-electron chi connectivity index (χ4n) is 1.86. The van der Waals surface area contributed by atoms with Gasteiger partial charge in [-0.3, -0.25) is 9.67 Å². The molecule has 0 aliphatic heterocycles. The molecule has 0 amide bonds. The van der Waals surface area contributed by atoms with Gasteiger partial charge in [-0.1, -0.05) is 6.92 Å². The van der Waals surface area contributed by atoms with Crippen molar-refractivity contribution in [2.24, 2.45) is 0 Å². The summed E-state index contributed by atoms with van der Waals surface area (Å²) in [6.45, 7) is 1.91. The highest BCUT2D eigenvalue weighted by atomic mass is 32.1. The maximum atomic E-state index is 13.3. The largest absolute Gasteiger partial charge is 0.419 e. The fourth-order valence-corrected chi connectivity index (χ4v) is 2.11. The van der Waals surface area contributed by atoms with Crippen molar-refractivity contribution >= 4 is 12.2 Å². The van der Waals surface area contributed by atoms with Crippen LogP contribution in [-0.2, 0) is 12.6 Å². The molecule has 0 aliphatic carbocycles. The third kappa shape index (κ3) is 2.74. The molecule has 0 aliphatic rings. The summed E-state index contributed by atoms with van der Waals surface area (Å²) in [7, 11) is 0. The lowest BCUT2D eigenvalue weighted by atomic mass is 10.1. The Morgan fingerprint density at radius 1 is 1.35 bits per heavy atom. The Kier molecular flexibility index (Phi) is 3.94. The summed E-state index contributed by atoms with van der Waals surface area (Å²) in [5.41, 5.74) is -1.18. The number of nitrogens with one attached hydrogen (secondary N) is 1. The van der Waals surface area contributed by atoms with Crippen molar-refractivity contribution in [3.05, 3.63) is 40.2 Å². The number of hydrogen-bond donors (Lipinski definition) is 1. The first-order chi connectivity index (χ1) is 9.34. The van der Waals surface area contributed by atoms with Crippen molar-refractivity contribution in [3.8, 4) is 5.69 Å². The Morgan fingerprint density at radius 2 is 2.05 bits per heavy atom. The zero-order valence-corrected chi connectivity index (χ0v) is 11.3. The zero-order valence-electron chi connectivity index (χ0n) is 10.5. The van der Waals surface area contributed by atoms with Crippen molar-refractivity contribution in [1.82, 2.24) is 14.8 Å². The number of H-pyrrole nitrogens is 1. The Bertz CT molecular complexity index is 672. The predicted octanol–water partition coefficient (Wildman–Crippen LogP) is 4.04. The van der Waals surface area contributed by atoms with E-state index in [0.29, 0.717) is 12.2 Å². The van der Waals surface area contributed by atoms with Gasteiger partial charge < -0.3 is 0 Å². The normalized spacial score (nSPS) is 11.8. The molecule has 1 heterocycles. The molecule has 2 aromatic rings. The first-order valence-corrected chi connectivity index (χ1v) is 6.29. The number of halogens is 4. The second kappa shape index (κ2) is 5.35. The molecule has 8 heteroatoms. The molecule has 0 unspecified atom stereocenters. The van der Waals surface area contributed by atoms with E-state index in [1.165, 1.54) is 10.6 Å². The summed E-state index contributed by atoms with van der Waals surface area (Å²) in [5.74, 6) is -0.800. The number of hydrogen-bond acceptors (Lipinski definition) is 2. The topological polar surface area (TPSA) is 33.6 Å². The molecule has 108 valence electrons. The van der Waals surface area contributed by atoms with E-state index >= 15 is 0 Å². The summed E-state index contributed by atoms with van der Waals surface area (Å²) >= 11 is 5.01. The number of aryl methyl sites for hydroxylation is 1. The van der Waals surface area contributed by atoms with Crippen molar-refractivity contribution in [2.75, 3.05) is 0 Å². The van der Waals surface area contributed by atoms with Gasteiger partial charge in [-0.15, -0.1) is 0 Å². The first-order valence-electron chi connectivity index (χ1n) is 5.88. The summed E-state index contributed by atoms with van der Waals surface area (Å²) in [6.07, 6.45) is -3.45. The molecule has 0 saturated heterocycles. The maximum absolute atomic E-state index is 13.3. The monoisotopic (exact) mass is 305 g/mol. The van der Waals surface area contributed by atoms with Crippen LogP contribution in [0.2, 0.25) is 0 Å². The Labute approximate surface area is 117 Å². The Morgan fingerprint density at radius 3 is 2.65 bits per heavy atom. The zero-order chi connectivity index (χ0) is 14.9. The third-order valence-corrected chi connectivity index (χ3v) is 3.00. The van der Waals surface area contributed by atoms with Crippen LogP contribution < -0.4 is 0 Å². The second-order valence-corrected chi connectivity index (χ2v) is 4.58. The molecule has 0 fully saturated rings. The molecule has 1 aromatic carbocycles. The van der Waals surface area contributed by atoms with Gasteiger partial charge in [-0.2, -0.15) is 18.3 Å². The average molecular weight is 305 g/mol. The average Bonchev–Trinajstić information content (AvgIpc) is 2.71. The molecule has 0 spiro atoms. The molecule has 1 N–H and O–H groups in total. The van der Waals surface area contributed by atoms with E-state index < -0.39 is 17.6 Å². The minimum Gasteiger partial charge on any atom is -0.272 e. The highest BCUT2D eigenvalue weighted by Crippen LogP contribution is 2.32. The van der Waals surface area contributed by atoms with E-state index in [9.17, 15) is 17.6 Å². The second-order valence-electron chi connectivity index (χ2n) is 4.19. The quantitative estimate of drug-likeness (QED) is 0.686. The smallest absolute Gasteiger partial charge is 0.272 e. The lowest BCUT2D eigenvalue weighted by molar-refractivity contribution is -0.140. The van der Waals surface area contributed by atoms with Gasteiger partial charge in [-0.25, -0.2) is 4.39 Å². The molecule has 0 saturated carbocycles. The number of aromatic amines is 1. The summed E-state index contributed by atoms with van der Waals surface area (Å²) in [5, 5.41) is 6.50. The SMILES string of the molecule is CCCc1n[nH]c(=S)n1-c1ccc(F)c(C(F)(F)F)c1. The van der Waals surface area contributed by atoms with Gasteiger partial charge in [0.1, 0.15) is 11.6 Å². The first kappa shape index (κ1) is 14.7. The molecule has 1 aromatic heterocycles. The van der Waals surface area contributed by atoms with Crippen LogP contribution in [0.5, 0.6) is 0 Å². The van der Waals surface area contributed by atoms with Gasteiger partial charge in [0.2, 0.25) is 0 Å².